The summed E-state index contributed by atoms with van der Waals surface area (Å²) in [5.74, 6) is -2.45. The van der Waals surface area contributed by atoms with Gasteiger partial charge in [0.1, 0.15) is 11.6 Å². The number of benzene rings is 3. The molecule has 30 heavy (non-hydrogen) atoms. The van der Waals surface area contributed by atoms with Gasteiger partial charge in [0, 0.05) is 24.7 Å². The molecule has 0 N–H and O–H groups in total. The van der Waals surface area contributed by atoms with E-state index in [0.29, 0.717) is 5.56 Å². The van der Waals surface area contributed by atoms with Crippen molar-refractivity contribution < 1.29 is 23.2 Å². The number of fused-ring (bicyclic) bond motifs is 1. The summed E-state index contributed by atoms with van der Waals surface area (Å²) in [5.41, 5.74) is 1.07. The van der Waals surface area contributed by atoms with Crippen molar-refractivity contribution in [2.75, 3.05) is 11.9 Å². The van der Waals surface area contributed by atoms with E-state index >= 15 is 0 Å². The number of rotatable bonds is 4. The van der Waals surface area contributed by atoms with Gasteiger partial charge >= 0.3 is 0 Å². The quantitative estimate of drug-likeness (QED) is 0.615. The lowest BCUT2D eigenvalue weighted by molar-refractivity contribution is 0.0783. The smallest absolute Gasteiger partial charge is 0.266 e. The number of hydrogen-bond acceptors (Lipinski definition) is 3. The van der Waals surface area contributed by atoms with Crippen LogP contribution in [-0.2, 0) is 6.54 Å². The summed E-state index contributed by atoms with van der Waals surface area (Å²) >= 11 is 0. The minimum Gasteiger partial charge on any atom is -0.337 e. The second-order valence-electron chi connectivity index (χ2n) is 6.94. The van der Waals surface area contributed by atoms with E-state index in [0.717, 1.165) is 17.0 Å². The summed E-state index contributed by atoms with van der Waals surface area (Å²) in [6.45, 7) is 0.0528. The van der Waals surface area contributed by atoms with Gasteiger partial charge in [0.15, 0.2) is 0 Å². The number of carbonyl (C=O) groups is 3. The highest BCUT2D eigenvalue weighted by Gasteiger charge is 2.37. The van der Waals surface area contributed by atoms with Crippen molar-refractivity contribution in [2.24, 2.45) is 0 Å². The monoisotopic (exact) mass is 406 g/mol. The summed E-state index contributed by atoms with van der Waals surface area (Å²) in [6.07, 6.45) is 0. The molecule has 1 aliphatic heterocycles. The average molecular weight is 406 g/mol. The zero-order valence-electron chi connectivity index (χ0n) is 15.9. The van der Waals surface area contributed by atoms with Crippen LogP contribution < -0.4 is 4.90 Å². The fraction of sp³-hybridized carbons (Fsp3) is 0.0870. The number of nitrogens with zero attached hydrogens (tertiary/aromatic N) is 2. The molecule has 5 nitrogen and oxygen atoms in total. The normalized spacial score (nSPS) is 12.8. The third kappa shape index (κ3) is 3.34. The molecule has 1 aliphatic rings. The molecule has 0 saturated carbocycles. The molecule has 0 saturated heterocycles. The summed E-state index contributed by atoms with van der Waals surface area (Å²) in [6, 6.07) is 15.4. The van der Waals surface area contributed by atoms with Gasteiger partial charge in [-0.3, -0.25) is 14.4 Å². The van der Waals surface area contributed by atoms with Crippen molar-refractivity contribution in [3.8, 4) is 0 Å². The van der Waals surface area contributed by atoms with Crippen molar-refractivity contribution >= 4 is 23.4 Å². The predicted octanol–water partition coefficient (Wildman–Crippen LogP) is 4.04. The highest BCUT2D eigenvalue weighted by atomic mass is 19.1. The van der Waals surface area contributed by atoms with E-state index in [1.165, 1.54) is 48.3 Å². The number of amides is 3. The number of imide groups is 1. The molecule has 0 radical (unpaired) electrons. The first kappa shape index (κ1) is 19.4. The largest absolute Gasteiger partial charge is 0.337 e. The van der Waals surface area contributed by atoms with E-state index in [2.05, 4.69) is 0 Å². The number of anilines is 1. The highest BCUT2D eigenvalue weighted by Crippen LogP contribution is 2.29. The van der Waals surface area contributed by atoms with Crippen molar-refractivity contribution in [2.45, 2.75) is 6.54 Å². The first-order valence-electron chi connectivity index (χ1n) is 9.14. The van der Waals surface area contributed by atoms with Gasteiger partial charge in [0.05, 0.1) is 16.8 Å². The van der Waals surface area contributed by atoms with Gasteiger partial charge in [0.25, 0.3) is 17.7 Å². The molecule has 7 heteroatoms. The Hall–Kier alpha value is -3.87. The average Bonchev–Trinajstić information content (AvgIpc) is 2.99. The van der Waals surface area contributed by atoms with E-state index in [-0.39, 0.29) is 28.9 Å². The van der Waals surface area contributed by atoms with E-state index in [1.807, 2.05) is 0 Å². The van der Waals surface area contributed by atoms with Crippen LogP contribution in [0.15, 0.2) is 66.7 Å². The standard InChI is InChI=1S/C23H16F2N2O3/c1-26(13-15-4-2-3-5-20(15)25)21(28)14-6-11-18-19(12-14)23(30)27(22(18)29)17-9-7-16(24)8-10-17/h2-12H,13H2,1H3. The van der Waals surface area contributed by atoms with Gasteiger partial charge in [-0.2, -0.15) is 0 Å². The van der Waals surface area contributed by atoms with E-state index in [9.17, 15) is 23.2 Å². The van der Waals surface area contributed by atoms with Crippen molar-refractivity contribution in [3.63, 3.8) is 0 Å². The Kier molecular flexibility index (Phi) is 4.87. The molecule has 4 rings (SSSR count). The maximum atomic E-state index is 13.9. The van der Waals surface area contributed by atoms with Crippen LogP contribution in [0.1, 0.15) is 36.6 Å². The molecule has 0 unspecified atom stereocenters. The molecule has 3 amide bonds. The van der Waals surface area contributed by atoms with Gasteiger partial charge < -0.3 is 4.90 Å². The van der Waals surface area contributed by atoms with Crippen LogP contribution in [0.4, 0.5) is 14.5 Å². The summed E-state index contributed by atoms with van der Waals surface area (Å²) < 4.78 is 27.0. The molecule has 0 bridgehead atoms. The lowest BCUT2D eigenvalue weighted by atomic mass is 10.0. The van der Waals surface area contributed by atoms with Gasteiger partial charge in [-0.05, 0) is 48.5 Å². The van der Waals surface area contributed by atoms with Crippen LogP contribution in [0.5, 0.6) is 0 Å². The van der Waals surface area contributed by atoms with E-state index in [4.69, 9.17) is 0 Å². The maximum absolute atomic E-state index is 13.9. The lowest BCUT2D eigenvalue weighted by Crippen LogP contribution is -2.29. The van der Waals surface area contributed by atoms with Crippen molar-refractivity contribution in [3.05, 3.63) is 101 Å². The predicted molar refractivity (Wildman–Crippen MR) is 106 cm³/mol. The third-order valence-corrected chi connectivity index (χ3v) is 4.93. The Morgan fingerprint density at radius 2 is 1.57 bits per heavy atom. The Morgan fingerprint density at radius 3 is 2.27 bits per heavy atom. The molecule has 1 heterocycles. The SMILES string of the molecule is CN(Cc1ccccc1F)C(=O)c1ccc2c(c1)C(=O)N(c1ccc(F)cc1)C2=O. The molecule has 0 atom stereocenters. The molecular weight excluding hydrogens is 390 g/mol. The zero-order valence-corrected chi connectivity index (χ0v) is 15.9. The Balaban J connectivity index is 1.60. The molecule has 0 fully saturated rings. The number of halogens is 2. The van der Waals surface area contributed by atoms with Gasteiger partial charge in [-0.15, -0.1) is 0 Å². The van der Waals surface area contributed by atoms with Crippen molar-refractivity contribution in [1.29, 1.82) is 0 Å². The Morgan fingerprint density at radius 1 is 0.900 bits per heavy atom. The number of carbonyl (C=O) groups excluding carboxylic acids is 3. The third-order valence-electron chi connectivity index (χ3n) is 4.93. The first-order chi connectivity index (χ1) is 14.4. The topological polar surface area (TPSA) is 57.7 Å². The van der Waals surface area contributed by atoms with Crippen LogP contribution in [0.2, 0.25) is 0 Å². The first-order valence-corrected chi connectivity index (χ1v) is 9.14. The minimum absolute atomic E-state index is 0.0528. The van der Waals surface area contributed by atoms with Gasteiger partial charge in [-0.1, -0.05) is 18.2 Å². The van der Waals surface area contributed by atoms with Gasteiger partial charge in [0.2, 0.25) is 0 Å². The molecular formula is C23H16F2N2O3. The minimum atomic E-state index is -0.590. The maximum Gasteiger partial charge on any atom is 0.266 e. The zero-order chi connectivity index (χ0) is 21.4. The second kappa shape index (κ2) is 7.51. The summed E-state index contributed by atoms with van der Waals surface area (Å²) in [5, 5.41) is 0. The molecule has 0 aliphatic carbocycles. The van der Waals surface area contributed by atoms with Crippen LogP contribution in [0.3, 0.4) is 0 Å². The molecule has 3 aromatic rings. The Bertz CT molecular complexity index is 1180. The van der Waals surface area contributed by atoms with E-state index < -0.39 is 29.4 Å². The van der Waals surface area contributed by atoms with Gasteiger partial charge in [-0.25, -0.2) is 13.7 Å². The van der Waals surface area contributed by atoms with Crippen LogP contribution in [0, 0.1) is 11.6 Å². The van der Waals surface area contributed by atoms with Crippen LogP contribution in [0.25, 0.3) is 0 Å². The number of hydrogen-bond donors (Lipinski definition) is 0. The Labute approximate surface area is 171 Å². The molecule has 0 spiro atoms. The molecule has 3 aromatic carbocycles. The van der Waals surface area contributed by atoms with E-state index in [1.54, 1.807) is 18.2 Å². The molecule has 0 aromatic heterocycles. The van der Waals surface area contributed by atoms with Crippen molar-refractivity contribution in [1.82, 2.24) is 4.90 Å². The summed E-state index contributed by atoms with van der Waals surface area (Å²) in [7, 11) is 1.53. The van der Waals surface area contributed by atoms with Crippen LogP contribution >= 0.6 is 0 Å². The highest BCUT2D eigenvalue weighted by molar-refractivity contribution is 6.34. The molecule has 150 valence electrons. The fourth-order valence-electron chi connectivity index (χ4n) is 3.37. The summed E-state index contributed by atoms with van der Waals surface area (Å²) in [4.78, 5) is 40.5. The fourth-order valence-corrected chi connectivity index (χ4v) is 3.37. The lowest BCUT2D eigenvalue weighted by Gasteiger charge is -2.18. The second-order valence-corrected chi connectivity index (χ2v) is 6.94. The van der Waals surface area contributed by atoms with Crippen LogP contribution in [-0.4, -0.2) is 29.7 Å².